The zero-order chi connectivity index (χ0) is 14.6. The zero-order valence-electron chi connectivity index (χ0n) is 12.4. The van der Waals surface area contributed by atoms with E-state index in [1.165, 1.54) is 6.42 Å². The van der Waals surface area contributed by atoms with Crippen molar-refractivity contribution in [2.75, 3.05) is 25.0 Å². The maximum absolute atomic E-state index is 12.4. The number of rotatable bonds is 5. The highest BCUT2D eigenvalue weighted by Crippen LogP contribution is 2.25. The molecular weight excluding hydrogens is 250 g/mol. The summed E-state index contributed by atoms with van der Waals surface area (Å²) in [6, 6.07) is 10.0. The molecular formula is C16H25N3O. The van der Waals surface area contributed by atoms with Gasteiger partial charge in [-0.3, -0.25) is 9.69 Å². The summed E-state index contributed by atoms with van der Waals surface area (Å²) in [5.74, 6) is 0.0615. The first-order valence-electron chi connectivity index (χ1n) is 7.33. The van der Waals surface area contributed by atoms with Gasteiger partial charge < -0.3 is 11.1 Å². The first-order chi connectivity index (χ1) is 9.53. The lowest BCUT2D eigenvalue weighted by Crippen LogP contribution is -2.45. The normalized spacial score (nSPS) is 20.1. The van der Waals surface area contributed by atoms with Crippen LogP contribution in [0.1, 0.15) is 26.7 Å². The van der Waals surface area contributed by atoms with E-state index in [2.05, 4.69) is 10.2 Å². The van der Waals surface area contributed by atoms with Crippen LogP contribution in [0.5, 0.6) is 0 Å². The maximum Gasteiger partial charge on any atom is 0.231 e. The first-order valence-corrected chi connectivity index (χ1v) is 7.33. The Labute approximate surface area is 121 Å². The van der Waals surface area contributed by atoms with Gasteiger partial charge in [-0.2, -0.15) is 0 Å². The maximum atomic E-state index is 12.4. The number of nitrogens with two attached hydrogens (primary N) is 1. The number of carbonyl (C=O) groups excluding carboxylic acids is 1. The quantitative estimate of drug-likeness (QED) is 0.865. The first kappa shape index (κ1) is 15.0. The average Bonchev–Trinajstić information content (AvgIpc) is 2.86. The number of para-hydroxylation sites is 1. The van der Waals surface area contributed by atoms with Crippen LogP contribution in [0, 0.1) is 5.41 Å². The van der Waals surface area contributed by atoms with Crippen molar-refractivity contribution in [3.8, 4) is 0 Å². The van der Waals surface area contributed by atoms with Crippen molar-refractivity contribution < 1.29 is 4.79 Å². The fraction of sp³-hybridized carbons (Fsp3) is 0.562. The van der Waals surface area contributed by atoms with Gasteiger partial charge in [-0.1, -0.05) is 18.2 Å². The molecule has 0 bridgehead atoms. The van der Waals surface area contributed by atoms with E-state index in [1.807, 2.05) is 44.2 Å². The topological polar surface area (TPSA) is 58.4 Å². The van der Waals surface area contributed by atoms with Gasteiger partial charge in [0.25, 0.3) is 0 Å². The Morgan fingerprint density at radius 1 is 1.40 bits per heavy atom. The van der Waals surface area contributed by atoms with Crippen LogP contribution in [0.25, 0.3) is 0 Å². The van der Waals surface area contributed by atoms with Crippen LogP contribution >= 0.6 is 0 Å². The Morgan fingerprint density at radius 3 is 2.75 bits per heavy atom. The molecule has 4 heteroatoms. The lowest BCUT2D eigenvalue weighted by molar-refractivity contribution is -0.125. The SMILES string of the molecule is CC(C)(CN1CCCC1CN)C(=O)Nc1ccccc1. The second-order valence-corrected chi connectivity index (χ2v) is 6.21. The van der Waals surface area contributed by atoms with Crippen LogP contribution in [0.4, 0.5) is 5.69 Å². The summed E-state index contributed by atoms with van der Waals surface area (Å²) in [5, 5.41) is 2.99. The van der Waals surface area contributed by atoms with Gasteiger partial charge in [-0.15, -0.1) is 0 Å². The molecule has 1 aromatic carbocycles. The Kier molecular flexibility index (Phi) is 4.78. The van der Waals surface area contributed by atoms with E-state index in [0.717, 1.165) is 25.2 Å². The number of anilines is 1. The lowest BCUT2D eigenvalue weighted by atomic mass is 9.91. The number of hydrogen-bond acceptors (Lipinski definition) is 3. The standard InChI is InChI=1S/C16H25N3O/c1-16(2,12-19-10-6-9-14(19)11-17)15(20)18-13-7-4-3-5-8-13/h3-5,7-8,14H,6,9-12,17H2,1-2H3,(H,18,20). The number of carbonyl (C=O) groups is 1. The summed E-state index contributed by atoms with van der Waals surface area (Å²) < 4.78 is 0. The summed E-state index contributed by atoms with van der Waals surface area (Å²) in [6.07, 6.45) is 2.32. The van der Waals surface area contributed by atoms with Crippen molar-refractivity contribution in [3.63, 3.8) is 0 Å². The van der Waals surface area contributed by atoms with Crippen molar-refractivity contribution in [1.82, 2.24) is 4.90 Å². The largest absolute Gasteiger partial charge is 0.329 e. The van der Waals surface area contributed by atoms with Gasteiger partial charge in [0.15, 0.2) is 0 Å². The third-order valence-corrected chi connectivity index (χ3v) is 4.02. The summed E-state index contributed by atoms with van der Waals surface area (Å²) >= 11 is 0. The molecule has 1 aliphatic heterocycles. The minimum absolute atomic E-state index is 0.0615. The Balaban J connectivity index is 1.97. The predicted molar refractivity (Wildman–Crippen MR) is 82.5 cm³/mol. The number of likely N-dealkylation sites (tertiary alicyclic amines) is 1. The van der Waals surface area contributed by atoms with Gasteiger partial charge in [0.05, 0.1) is 5.41 Å². The average molecular weight is 275 g/mol. The minimum Gasteiger partial charge on any atom is -0.329 e. The smallest absolute Gasteiger partial charge is 0.231 e. The summed E-state index contributed by atoms with van der Waals surface area (Å²) in [7, 11) is 0. The van der Waals surface area contributed by atoms with Crippen LogP contribution in [0.2, 0.25) is 0 Å². The molecule has 1 aromatic rings. The molecule has 1 atom stereocenters. The summed E-state index contributed by atoms with van der Waals surface area (Å²) in [4.78, 5) is 14.8. The molecule has 1 fully saturated rings. The number of nitrogens with zero attached hydrogens (tertiary/aromatic N) is 1. The fourth-order valence-electron chi connectivity index (χ4n) is 2.77. The Hall–Kier alpha value is -1.39. The molecule has 2 rings (SSSR count). The van der Waals surface area contributed by atoms with Crippen molar-refractivity contribution in [2.24, 2.45) is 11.1 Å². The molecule has 1 amide bonds. The fourth-order valence-corrected chi connectivity index (χ4v) is 2.77. The van der Waals surface area contributed by atoms with Crippen LogP contribution in [-0.2, 0) is 4.79 Å². The molecule has 1 unspecified atom stereocenters. The van der Waals surface area contributed by atoms with E-state index < -0.39 is 5.41 Å². The number of amides is 1. The van der Waals surface area contributed by atoms with Crippen molar-refractivity contribution in [3.05, 3.63) is 30.3 Å². The molecule has 110 valence electrons. The molecule has 4 nitrogen and oxygen atoms in total. The number of hydrogen-bond donors (Lipinski definition) is 2. The molecule has 3 N–H and O–H groups in total. The second-order valence-electron chi connectivity index (χ2n) is 6.21. The molecule has 0 aromatic heterocycles. The van der Waals surface area contributed by atoms with Gasteiger partial charge >= 0.3 is 0 Å². The van der Waals surface area contributed by atoms with Gasteiger partial charge in [-0.05, 0) is 45.4 Å². The molecule has 20 heavy (non-hydrogen) atoms. The third-order valence-electron chi connectivity index (χ3n) is 4.02. The van der Waals surface area contributed by atoms with Crippen molar-refractivity contribution in [2.45, 2.75) is 32.7 Å². The molecule has 1 heterocycles. The van der Waals surface area contributed by atoms with Gasteiger partial charge in [0, 0.05) is 24.8 Å². The van der Waals surface area contributed by atoms with E-state index in [-0.39, 0.29) is 5.91 Å². The van der Waals surface area contributed by atoms with Gasteiger partial charge in [0.1, 0.15) is 0 Å². The van der Waals surface area contributed by atoms with Crippen molar-refractivity contribution in [1.29, 1.82) is 0 Å². The monoisotopic (exact) mass is 275 g/mol. The molecule has 0 saturated carbocycles. The van der Waals surface area contributed by atoms with Gasteiger partial charge in [-0.25, -0.2) is 0 Å². The van der Waals surface area contributed by atoms with Crippen molar-refractivity contribution >= 4 is 11.6 Å². The second kappa shape index (κ2) is 6.37. The van der Waals surface area contributed by atoms with Gasteiger partial charge in [0.2, 0.25) is 5.91 Å². The molecule has 1 aliphatic rings. The lowest BCUT2D eigenvalue weighted by Gasteiger charge is -2.32. The highest BCUT2D eigenvalue weighted by Gasteiger charge is 2.34. The molecule has 1 saturated heterocycles. The molecule has 0 aliphatic carbocycles. The Bertz CT molecular complexity index is 444. The molecule has 0 spiro atoms. The Morgan fingerprint density at radius 2 is 2.10 bits per heavy atom. The predicted octanol–water partition coefficient (Wildman–Crippen LogP) is 2.07. The highest BCUT2D eigenvalue weighted by atomic mass is 16.2. The van der Waals surface area contributed by atoms with E-state index >= 15 is 0 Å². The summed E-state index contributed by atoms with van der Waals surface area (Å²) in [5.41, 5.74) is 6.23. The van der Waals surface area contributed by atoms with E-state index in [9.17, 15) is 4.79 Å². The zero-order valence-corrected chi connectivity index (χ0v) is 12.4. The third kappa shape index (κ3) is 3.58. The van der Waals surface area contributed by atoms with Crippen LogP contribution < -0.4 is 11.1 Å². The number of benzene rings is 1. The summed E-state index contributed by atoms with van der Waals surface area (Å²) in [6.45, 7) is 6.47. The van der Waals surface area contributed by atoms with Crippen LogP contribution in [0.3, 0.4) is 0 Å². The van der Waals surface area contributed by atoms with E-state index in [1.54, 1.807) is 0 Å². The highest BCUT2D eigenvalue weighted by molar-refractivity contribution is 5.94. The van der Waals surface area contributed by atoms with E-state index in [4.69, 9.17) is 5.73 Å². The molecule has 0 radical (unpaired) electrons. The number of nitrogens with one attached hydrogen (secondary N) is 1. The van der Waals surface area contributed by atoms with Crippen LogP contribution in [0.15, 0.2) is 30.3 Å². The van der Waals surface area contributed by atoms with E-state index in [0.29, 0.717) is 12.6 Å². The van der Waals surface area contributed by atoms with Crippen LogP contribution in [-0.4, -0.2) is 36.5 Å². The minimum atomic E-state index is -0.423.